The standard InChI is InChI=1S/C32H23Br2N/c33-22-11-15-31-29(18-22)30-19-23(34)12-16-32(30)35(31)24-13-9-20(10-14-24)28-17-21-5-1-2-6-25(21)26-7-3-4-8-27(26)28/h1-9,11-13,15-19,26-27H,10,14H2. The molecule has 3 aliphatic rings. The van der Waals surface area contributed by atoms with Gasteiger partial charge in [-0.25, -0.2) is 0 Å². The molecule has 0 radical (unpaired) electrons. The minimum absolute atomic E-state index is 0.416. The van der Waals surface area contributed by atoms with E-state index < -0.39 is 0 Å². The molecule has 0 saturated heterocycles. The van der Waals surface area contributed by atoms with Crippen LogP contribution in [0.1, 0.15) is 29.9 Å². The molecule has 0 amide bonds. The molecule has 0 N–H and O–H groups in total. The summed E-state index contributed by atoms with van der Waals surface area (Å²) in [7, 11) is 0. The summed E-state index contributed by atoms with van der Waals surface area (Å²) < 4.78 is 4.67. The smallest absolute Gasteiger partial charge is 0.0538 e. The van der Waals surface area contributed by atoms with Crippen LogP contribution in [0.3, 0.4) is 0 Å². The molecule has 3 aromatic carbocycles. The average Bonchev–Trinajstić information content (AvgIpc) is 3.21. The van der Waals surface area contributed by atoms with Crippen LogP contribution in [0.4, 0.5) is 0 Å². The van der Waals surface area contributed by atoms with Gasteiger partial charge in [-0.3, -0.25) is 0 Å². The van der Waals surface area contributed by atoms with Crippen molar-refractivity contribution in [3.05, 3.63) is 128 Å². The first kappa shape index (κ1) is 21.4. The number of halogens is 2. The summed E-state index contributed by atoms with van der Waals surface area (Å²) in [5, 5.41) is 2.56. The first-order valence-corrected chi connectivity index (χ1v) is 13.7. The second-order valence-electron chi connectivity index (χ2n) is 9.56. The van der Waals surface area contributed by atoms with Crippen molar-refractivity contribution in [2.24, 2.45) is 5.92 Å². The van der Waals surface area contributed by atoms with Crippen molar-refractivity contribution in [1.82, 2.24) is 4.57 Å². The van der Waals surface area contributed by atoms with E-state index in [1.54, 1.807) is 0 Å². The molecule has 2 atom stereocenters. The third-order valence-electron chi connectivity index (χ3n) is 7.63. The number of fused-ring (bicyclic) bond motifs is 6. The van der Waals surface area contributed by atoms with Crippen molar-refractivity contribution < 1.29 is 0 Å². The van der Waals surface area contributed by atoms with Crippen LogP contribution in [0, 0.1) is 5.92 Å². The normalized spacial score (nSPS) is 20.9. The van der Waals surface area contributed by atoms with Crippen LogP contribution in [0.15, 0.2) is 117 Å². The first-order valence-electron chi connectivity index (χ1n) is 12.1. The molecule has 1 heterocycles. The first-order chi connectivity index (χ1) is 17.2. The van der Waals surface area contributed by atoms with Crippen molar-refractivity contribution >= 4 is 65.4 Å². The summed E-state index contributed by atoms with van der Waals surface area (Å²) in [5.74, 6) is 0.843. The molecule has 3 heteroatoms. The summed E-state index contributed by atoms with van der Waals surface area (Å²) in [4.78, 5) is 0. The van der Waals surface area contributed by atoms with Crippen LogP contribution in [0.5, 0.6) is 0 Å². The van der Waals surface area contributed by atoms with E-state index in [1.807, 2.05) is 0 Å². The molecule has 0 aliphatic heterocycles. The van der Waals surface area contributed by atoms with E-state index in [0.717, 1.165) is 21.8 Å². The van der Waals surface area contributed by atoms with Gasteiger partial charge in [0.1, 0.15) is 0 Å². The van der Waals surface area contributed by atoms with Gasteiger partial charge < -0.3 is 4.57 Å². The van der Waals surface area contributed by atoms with Crippen molar-refractivity contribution in [2.45, 2.75) is 18.8 Å². The number of aromatic nitrogens is 1. The van der Waals surface area contributed by atoms with Crippen molar-refractivity contribution in [3.8, 4) is 0 Å². The Hall–Kier alpha value is -2.88. The molecule has 0 fully saturated rings. The van der Waals surface area contributed by atoms with Crippen LogP contribution in [-0.2, 0) is 0 Å². The van der Waals surface area contributed by atoms with Gasteiger partial charge in [0.15, 0.2) is 0 Å². The highest BCUT2D eigenvalue weighted by Gasteiger charge is 2.31. The predicted molar refractivity (Wildman–Crippen MR) is 155 cm³/mol. The van der Waals surface area contributed by atoms with Crippen LogP contribution < -0.4 is 0 Å². The Morgan fingerprint density at radius 1 is 0.714 bits per heavy atom. The number of nitrogens with zero attached hydrogens (tertiary/aromatic N) is 1. The quantitative estimate of drug-likeness (QED) is 0.222. The van der Waals surface area contributed by atoms with Gasteiger partial charge in [-0.2, -0.15) is 0 Å². The molecule has 1 aromatic heterocycles. The van der Waals surface area contributed by atoms with E-state index in [1.165, 1.54) is 49.8 Å². The maximum absolute atomic E-state index is 3.67. The number of hydrogen-bond acceptors (Lipinski definition) is 0. The molecule has 2 unspecified atom stereocenters. The average molecular weight is 581 g/mol. The molecule has 4 aromatic rings. The van der Waals surface area contributed by atoms with Gasteiger partial charge in [-0.05, 0) is 77.6 Å². The lowest BCUT2D eigenvalue weighted by atomic mass is 9.70. The zero-order valence-electron chi connectivity index (χ0n) is 19.1. The SMILES string of the molecule is Brc1ccc2c(c1)c1cc(Br)ccc1n2C1=CC=C(C2=Cc3ccccc3C3C=CC=CC23)CC1. The molecule has 0 bridgehead atoms. The second kappa shape index (κ2) is 8.36. The van der Waals surface area contributed by atoms with Crippen molar-refractivity contribution in [3.63, 3.8) is 0 Å². The molecule has 0 saturated carbocycles. The number of hydrogen-bond donors (Lipinski definition) is 0. The van der Waals surface area contributed by atoms with Gasteiger partial charge in [-0.1, -0.05) is 92.6 Å². The second-order valence-corrected chi connectivity index (χ2v) is 11.4. The van der Waals surface area contributed by atoms with E-state index in [9.17, 15) is 0 Å². The Morgan fingerprint density at radius 2 is 1.40 bits per heavy atom. The van der Waals surface area contributed by atoms with Crippen LogP contribution in [0.25, 0.3) is 33.6 Å². The van der Waals surface area contributed by atoms with Crippen LogP contribution in [-0.4, -0.2) is 4.57 Å². The number of allylic oxidation sites excluding steroid dienone is 9. The van der Waals surface area contributed by atoms with Crippen molar-refractivity contribution in [2.75, 3.05) is 0 Å². The molecule has 3 aliphatic carbocycles. The Balaban J connectivity index is 1.36. The summed E-state index contributed by atoms with van der Waals surface area (Å²) in [6.07, 6.45) is 18.4. The monoisotopic (exact) mass is 579 g/mol. The predicted octanol–water partition coefficient (Wildman–Crippen LogP) is 9.80. The van der Waals surface area contributed by atoms with Gasteiger partial charge in [0.25, 0.3) is 0 Å². The minimum atomic E-state index is 0.416. The lowest BCUT2D eigenvalue weighted by Crippen LogP contribution is -2.20. The Kier molecular flexibility index (Phi) is 5.11. The van der Waals surface area contributed by atoms with Gasteiger partial charge in [0.2, 0.25) is 0 Å². The van der Waals surface area contributed by atoms with Gasteiger partial charge >= 0.3 is 0 Å². The minimum Gasteiger partial charge on any atom is -0.313 e. The van der Waals surface area contributed by atoms with Gasteiger partial charge in [0, 0.05) is 37.3 Å². The molecule has 7 rings (SSSR count). The fraction of sp³-hybridized carbons (Fsp3) is 0.125. The summed E-state index contributed by atoms with van der Waals surface area (Å²) >= 11 is 7.34. The largest absolute Gasteiger partial charge is 0.313 e. The van der Waals surface area contributed by atoms with E-state index >= 15 is 0 Å². The lowest BCUT2D eigenvalue weighted by Gasteiger charge is -2.34. The Morgan fingerprint density at radius 3 is 2.09 bits per heavy atom. The third-order valence-corrected chi connectivity index (χ3v) is 8.62. The highest BCUT2D eigenvalue weighted by Crippen LogP contribution is 2.46. The molecule has 1 nitrogen and oxygen atoms in total. The zero-order valence-corrected chi connectivity index (χ0v) is 22.3. The lowest BCUT2D eigenvalue weighted by molar-refractivity contribution is 0.653. The van der Waals surface area contributed by atoms with Crippen LogP contribution >= 0.6 is 31.9 Å². The van der Waals surface area contributed by atoms with E-state index in [4.69, 9.17) is 0 Å². The van der Waals surface area contributed by atoms with E-state index in [0.29, 0.717) is 11.8 Å². The maximum atomic E-state index is 3.67. The Labute approximate surface area is 222 Å². The molecule has 170 valence electrons. The molecule has 0 spiro atoms. The van der Waals surface area contributed by atoms with Gasteiger partial charge in [0.05, 0.1) is 11.0 Å². The summed E-state index contributed by atoms with van der Waals surface area (Å²) in [6.45, 7) is 0. The summed E-state index contributed by atoms with van der Waals surface area (Å²) in [5.41, 5.74) is 9.61. The fourth-order valence-corrected chi connectivity index (χ4v) is 6.77. The molecule has 35 heavy (non-hydrogen) atoms. The molecular weight excluding hydrogens is 558 g/mol. The van der Waals surface area contributed by atoms with Crippen LogP contribution in [0.2, 0.25) is 0 Å². The van der Waals surface area contributed by atoms with Crippen molar-refractivity contribution in [1.29, 1.82) is 0 Å². The van der Waals surface area contributed by atoms with E-state index in [-0.39, 0.29) is 0 Å². The number of benzene rings is 3. The summed E-state index contributed by atoms with van der Waals surface area (Å²) in [6, 6.07) is 22.1. The fourth-order valence-electron chi connectivity index (χ4n) is 6.05. The topological polar surface area (TPSA) is 4.93 Å². The van der Waals surface area contributed by atoms with E-state index in [2.05, 4.69) is 140 Å². The highest BCUT2D eigenvalue weighted by atomic mass is 79.9. The zero-order chi connectivity index (χ0) is 23.5. The van der Waals surface area contributed by atoms with Gasteiger partial charge in [-0.15, -0.1) is 0 Å². The molecular formula is C32H23Br2N. The highest BCUT2D eigenvalue weighted by molar-refractivity contribution is 9.10. The Bertz CT molecular complexity index is 1620. The number of rotatable bonds is 2. The maximum Gasteiger partial charge on any atom is 0.0538 e. The third kappa shape index (κ3) is 3.48.